The Morgan fingerprint density at radius 3 is 2.71 bits per heavy atom. The van der Waals surface area contributed by atoms with E-state index in [9.17, 15) is 14.0 Å². The second-order valence-corrected chi connectivity index (χ2v) is 5.62. The summed E-state index contributed by atoms with van der Waals surface area (Å²) in [7, 11) is 0. The van der Waals surface area contributed by atoms with Gasteiger partial charge in [-0.25, -0.2) is 9.18 Å². The van der Waals surface area contributed by atoms with Gasteiger partial charge in [0.2, 0.25) is 5.91 Å². The fraction of sp³-hybridized carbons (Fsp3) is 0.235. The standard InChI is InChI=1S/C17H17FN4O2/c18-12-5-3-11(4-6-12)14-8-15(14)22-17(24)20-10-16(23)21-13-2-1-7-19-9-13/h1-7,9,14-15H,8,10H2,(H,21,23)(H2,20,22,24). The molecule has 1 fully saturated rings. The third kappa shape index (κ3) is 4.28. The van der Waals surface area contributed by atoms with Crippen LogP contribution in [0.4, 0.5) is 14.9 Å². The highest BCUT2D eigenvalue weighted by atomic mass is 19.1. The van der Waals surface area contributed by atoms with Crippen molar-refractivity contribution in [3.05, 3.63) is 60.2 Å². The van der Waals surface area contributed by atoms with E-state index in [1.807, 2.05) is 0 Å². The van der Waals surface area contributed by atoms with E-state index in [1.165, 1.54) is 18.3 Å². The van der Waals surface area contributed by atoms with Crippen molar-refractivity contribution in [2.75, 3.05) is 11.9 Å². The predicted octanol–water partition coefficient (Wildman–Crippen LogP) is 2.01. The molecule has 124 valence electrons. The molecule has 24 heavy (non-hydrogen) atoms. The van der Waals surface area contributed by atoms with Crippen molar-refractivity contribution in [3.8, 4) is 0 Å². The number of benzene rings is 1. The van der Waals surface area contributed by atoms with Crippen LogP contribution in [0.2, 0.25) is 0 Å². The van der Waals surface area contributed by atoms with E-state index < -0.39 is 6.03 Å². The Balaban J connectivity index is 1.39. The number of anilines is 1. The first-order valence-electron chi connectivity index (χ1n) is 7.61. The summed E-state index contributed by atoms with van der Waals surface area (Å²) < 4.78 is 12.9. The summed E-state index contributed by atoms with van der Waals surface area (Å²) in [4.78, 5) is 27.4. The van der Waals surface area contributed by atoms with Gasteiger partial charge in [-0.1, -0.05) is 12.1 Å². The highest BCUT2D eigenvalue weighted by molar-refractivity contribution is 5.94. The normalized spacial score (nSPS) is 18.5. The third-order valence-corrected chi connectivity index (χ3v) is 3.76. The number of carbonyl (C=O) groups is 2. The first-order chi connectivity index (χ1) is 11.6. The van der Waals surface area contributed by atoms with Gasteiger partial charge in [-0.3, -0.25) is 9.78 Å². The minimum Gasteiger partial charge on any atom is -0.335 e. The van der Waals surface area contributed by atoms with Crippen molar-refractivity contribution in [1.29, 1.82) is 0 Å². The van der Waals surface area contributed by atoms with Gasteiger partial charge in [0.15, 0.2) is 0 Å². The Morgan fingerprint density at radius 1 is 1.21 bits per heavy atom. The van der Waals surface area contributed by atoms with Crippen LogP contribution in [-0.2, 0) is 4.79 Å². The Labute approximate surface area is 138 Å². The third-order valence-electron chi connectivity index (χ3n) is 3.76. The largest absolute Gasteiger partial charge is 0.335 e. The monoisotopic (exact) mass is 328 g/mol. The van der Waals surface area contributed by atoms with Gasteiger partial charge >= 0.3 is 6.03 Å². The van der Waals surface area contributed by atoms with Gasteiger partial charge < -0.3 is 16.0 Å². The maximum atomic E-state index is 12.9. The highest BCUT2D eigenvalue weighted by Gasteiger charge is 2.39. The van der Waals surface area contributed by atoms with Crippen molar-refractivity contribution < 1.29 is 14.0 Å². The van der Waals surface area contributed by atoms with Crippen molar-refractivity contribution in [1.82, 2.24) is 15.6 Å². The molecule has 0 saturated heterocycles. The molecular weight excluding hydrogens is 311 g/mol. The lowest BCUT2D eigenvalue weighted by Crippen LogP contribution is -2.41. The quantitative estimate of drug-likeness (QED) is 0.785. The average Bonchev–Trinajstić information content (AvgIpc) is 3.33. The molecule has 6 nitrogen and oxygen atoms in total. The van der Waals surface area contributed by atoms with E-state index >= 15 is 0 Å². The van der Waals surface area contributed by atoms with Crippen LogP contribution in [0.3, 0.4) is 0 Å². The topological polar surface area (TPSA) is 83.1 Å². The number of nitrogens with zero attached hydrogens (tertiary/aromatic N) is 1. The molecule has 0 spiro atoms. The van der Waals surface area contributed by atoms with E-state index in [1.54, 1.807) is 30.5 Å². The summed E-state index contributed by atoms with van der Waals surface area (Å²) in [6.45, 7) is -0.130. The predicted molar refractivity (Wildman–Crippen MR) is 86.9 cm³/mol. The molecule has 3 N–H and O–H groups in total. The Kier molecular flexibility index (Phi) is 4.69. The molecule has 0 bridgehead atoms. The first kappa shape index (κ1) is 15.9. The molecule has 1 heterocycles. The second kappa shape index (κ2) is 7.08. The van der Waals surface area contributed by atoms with Gasteiger partial charge in [-0.05, 0) is 36.2 Å². The zero-order valence-corrected chi connectivity index (χ0v) is 12.8. The number of urea groups is 1. The number of nitrogens with one attached hydrogen (secondary N) is 3. The molecule has 3 amide bonds. The molecule has 2 unspecified atom stereocenters. The number of pyridine rings is 1. The number of halogens is 1. The lowest BCUT2D eigenvalue weighted by atomic mass is 10.1. The summed E-state index contributed by atoms with van der Waals surface area (Å²) in [6, 6.07) is 9.30. The number of rotatable bonds is 5. The van der Waals surface area contributed by atoms with E-state index in [2.05, 4.69) is 20.9 Å². The van der Waals surface area contributed by atoms with Crippen LogP contribution in [0, 0.1) is 5.82 Å². The van der Waals surface area contributed by atoms with Crippen molar-refractivity contribution in [2.24, 2.45) is 0 Å². The minimum absolute atomic E-state index is 0.0110. The number of hydrogen-bond donors (Lipinski definition) is 3. The summed E-state index contributed by atoms with van der Waals surface area (Å²) in [6.07, 6.45) is 3.94. The fourth-order valence-corrected chi connectivity index (χ4v) is 2.45. The number of amides is 3. The maximum Gasteiger partial charge on any atom is 0.315 e. The SMILES string of the molecule is O=C(CNC(=O)NC1CC1c1ccc(F)cc1)Nc1cccnc1. The highest BCUT2D eigenvalue weighted by Crippen LogP contribution is 2.40. The number of aromatic nitrogens is 1. The smallest absolute Gasteiger partial charge is 0.315 e. The van der Waals surface area contributed by atoms with E-state index in [0.717, 1.165) is 12.0 Å². The molecule has 0 radical (unpaired) electrons. The van der Waals surface area contributed by atoms with Crippen LogP contribution in [0.1, 0.15) is 17.9 Å². The average molecular weight is 328 g/mol. The summed E-state index contributed by atoms with van der Waals surface area (Å²) >= 11 is 0. The van der Waals surface area contributed by atoms with Crippen LogP contribution < -0.4 is 16.0 Å². The van der Waals surface area contributed by atoms with Gasteiger partial charge in [0.1, 0.15) is 5.82 Å². The Morgan fingerprint density at radius 2 is 2.00 bits per heavy atom. The Hall–Kier alpha value is -2.96. The Bertz CT molecular complexity index is 721. The summed E-state index contributed by atoms with van der Waals surface area (Å²) in [5.74, 6) is -0.411. The molecule has 2 aromatic rings. The van der Waals surface area contributed by atoms with Crippen molar-refractivity contribution in [2.45, 2.75) is 18.4 Å². The molecule has 1 aromatic heterocycles. The molecule has 0 aliphatic heterocycles. The van der Waals surface area contributed by atoms with Gasteiger partial charge in [0.25, 0.3) is 0 Å². The van der Waals surface area contributed by atoms with E-state index in [-0.39, 0.29) is 30.2 Å². The van der Waals surface area contributed by atoms with Crippen LogP contribution in [0.25, 0.3) is 0 Å². The van der Waals surface area contributed by atoms with Gasteiger partial charge in [-0.15, -0.1) is 0 Å². The molecule has 1 aliphatic rings. The van der Waals surface area contributed by atoms with Gasteiger partial charge in [-0.2, -0.15) is 0 Å². The van der Waals surface area contributed by atoms with Crippen molar-refractivity contribution >= 4 is 17.6 Å². The van der Waals surface area contributed by atoms with Crippen LogP contribution in [0.5, 0.6) is 0 Å². The van der Waals surface area contributed by atoms with Crippen LogP contribution >= 0.6 is 0 Å². The van der Waals surface area contributed by atoms with Crippen LogP contribution in [-0.4, -0.2) is 29.5 Å². The maximum absolute atomic E-state index is 12.9. The van der Waals surface area contributed by atoms with E-state index in [0.29, 0.717) is 5.69 Å². The fourth-order valence-electron chi connectivity index (χ4n) is 2.45. The van der Waals surface area contributed by atoms with Crippen molar-refractivity contribution in [3.63, 3.8) is 0 Å². The number of carbonyl (C=O) groups excluding carboxylic acids is 2. The lowest BCUT2D eigenvalue weighted by molar-refractivity contribution is -0.115. The number of hydrogen-bond acceptors (Lipinski definition) is 3. The lowest BCUT2D eigenvalue weighted by Gasteiger charge is -2.08. The first-order valence-corrected chi connectivity index (χ1v) is 7.61. The molecule has 3 rings (SSSR count). The van der Waals surface area contributed by atoms with Gasteiger partial charge in [0, 0.05) is 18.2 Å². The summed E-state index contributed by atoms with van der Waals surface area (Å²) in [5.41, 5.74) is 1.57. The zero-order chi connectivity index (χ0) is 16.9. The molecule has 1 saturated carbocycles. The second-order valence-electron chi connectivity index (χ2n) is 5.62. The van der Waals surface area contributed by atoms with Crippen LogP contribution in [0.15, 0.2) is 48.8 Å². The molecule has 2 atom stereocenters. The summed E-state index contributed by atoms with van der Waals surface area (Å²) in [5, 5.41) is 7.94. The van der Waals surface area contributed by atoms with Gasteiger partial charge in [0.05, 0.1) is 18.4 Å². The molecule has 1 aliphatic carbocycles. The van der Waals surface area contributed by atoms with E-state index in [4.69, 9.17) is 0 Å². The molecule has 7 heteroatoms. The zero-order valence-electron chi connectivity index (χ0n) is 12.8. The molecule has 1 aromatic carbocycles. The minimum atomic E-state index is -0.397. The molecular formula is C17H17FN4O2.